The molecule has 0 aliphatic heterocycles. The maximum absolute atomic E-state index is 2.46. The maximum Gasteiger partial charge on any atom is -0.0381 e. The van der Waals surface area contributed by atoms with E-state index in [0.717, 1.165) is 29.6 Å². The van der Waals surface area contributed by atoms with Gasteiger partial charge in [-0.25, -0.2) is 0 Å². The van der Waals surface area contributed by atoms with Crippen LogP contribution in [0.5, 0.6) is 0 Å². The summed E-state index contributed by atoms with van der Waals surface area (Å²) in [5, 5.41) is 0. The van der Waals surface area contributed by atoms with Gasteiger partial charge in [0.05, 0.1) is 0 Å². The Kier molecular flexibility index (Phi) is 5.15. The lowest BCUT2D eigenvalue weighted by Gasteiger charge is -2.18. The topological polar surface area (TPSA) is 0 Å². The molecule has 1 saturated carbocycles. The van der Waals surface area contributed by atoms with Crippen LogP contribution in [-0.2, 0) is 0 Å². The van der Waals surface area contributed by atoms with Gasteiger partial charge in [0.2, 0.25) is 0 Å². The van der Waals surface area contributed by atoms with Gasteiger partial charge in [0.1, 0.15) is 0 Å². The molecule has 0 heterocycles. The van der Waals surface area contributed by atoms with Gasteiger partial charge in [-0.1, -0.05) is 41.0 Å². The van der Waals surface area contributed by atoms with E-state index in [1.54, 1.807) is 0 Å². The summed E-state index contributed by atoms with van der Waals surface area (Å²) < 4.78 is 0. The zero-order valence-corrected chi connectivity index (χ0v) is 11.4. The molecule has 4 atom stereocenters. The van der Waals surface area contributed by atoms with Crippen LogP contribution in [0.4, 0.5) is 0 Å². The second-order valence-corrected chi connectivity index (χ2v) is 6.48. The fourth-order valence-electron chi connectivity index (χ4n) is 3.30. The van der Waals surface area contributed by atoms with Crippen LogP contribution < -0.4 is 0 Å². The van der Waals surface area contributed by atoms with Gasteiger partial charge < -0.3 is 0 Å². The first-order chi connectivity index (χ1) is 7.02. The second kappa shape index (κ2) is 5.92. The van der Waals surface area contributed by atoms with Crippen LogP contribution in [0.25, 0.3) is 0 Å². The molecule has 1 fully saturated rings. The summed E-state index contributed by atoms with van der Waals surface area (Å²) >= 11 is 0. The Labute approximate surface area is 96.8 Å². The molecule has 4 unspecified atom stereocenters. The lowest BCUT2D eigenvalue weighted by Crippen LogP contribution is -2.07. The van der Waals surface area contributed by atoms with Gasteiger partial charge in [-0.3, -0.25) is 0 Å². The van der Waals surface area contributed by atoms with E-state index in [0.29, 0.717) is 0 Å². The molecule has 0 bridgehead atoms. The smallest absolute Gasteiger partial charge is 0.0381 e. The van der Waals surface area contributed by atoms with Gasteiger partial charge in [-0.15, -0.1) is 0 Å². The van der Waals surface area contributed by atoms with Crippen molar-refractivity contribution in [3.8, 4) is 0 Å². The summed E-state index contributed by atoms with van der Waals surface area (Å²) in [7, 11) is 0. The third-order valence-corrected chi connectivity index (χ3v) is 3.98. The predicted molar refractivity (Wildman–Crippen MR) is 68.9 cm³/mol. The molecule has 90 valence electrons. The molecule has 1 aliphatic rings. The van der Waals surface area contributed by atoms with Crippen molar-refractivity contribution in [2.75, 3.05) is 0 Å². The highest BCUT2D eigenvalue weighted by Gasteiger charge is 2.35. The van der Waals surface area contributed by atoms with E-state index >= 15 is 0 Å². The zero-order chi connectivity index (χ0) is 11.4. The molecule has 0 aromatic carbocycles. The van der Waals surface area contributed by atoms with Crippen molar-refractivity contribution >= 4 is 0 Å². The first-order valence-electron chi connectivity index (χ1n) is 7.02. The first kappa shape index (κ1) is 13.1. The van der Waals surface area contributed by atoms with Crippen molar-refractivity contribution in [1.29, 1.82) is 0 Å². The molecule has 1 aliphatic carbocycles. The molecule has 0 amide bonds. The molecule has 0 heteroatoms. The number of rotatable bonds is 7. The van der Waals surface area contributed by atoms with Gasteiger partial charge in [-0.05, 0) is 55.3 Å². The zero-order valence-electron chi connectivity index (χ0n) is 11.4. The van der Waals surface area contributed by atoms with Crippen LogP contribution in [0.3, 0.4) is 0 Å². The molecule has 0 N–H and O–H groups in total. The maximum atomic E-state index is 2.46. The third kappa shape index (κ3) is 5.04. The molecule has 15 heavy (non-hydrogen) atoms. The van der Waals surface area contributed by atoms with E-state index in [4.69, 9.17) is 0 Å². The second-order valence-electron chi connectivity index (χ2n) is 6.48. The van der Waals surface area contributed by atoms with Gasteiger partial charge in [0.15, 0.2) is 0 Å². The molecule has 0 nitrogen and oxygen atoms in total. The standard InChI is InChI=1S/C15H30/c1-6-14-10-15(14)9-13(5)8-12(4)7-11(2)3/h11-15H,6-10H2,1-5H3. The van der Waals surface area contributed by atoms with E-state index < -0.39 is 0 Å². The fraction of sp³-hybridized carbons (Fsp3) is 1.00. The van der Waals surface area contributed by atoms with Crippen LogP contribution >= 0.6 is 0 Å². The van der Waals surface area contributed by atoms with E-state index in [1.165, 1.54) is 32.1 Å². The average Bonchev–Trinajstić information content (AvgIpc) is 2.80. The van der Waals surface area contributed by atoms with Gasteiger partial charge in [0, 0.05) is 0 Å². The van der Waals surface area contributed by atoms with Crippen molar-refractivity contribution in [3.63, 3.8) is 0 Å². The van der Waals surface area contributed by atoms with Crippen molar-refractivity contribution < 1.29 is 0 Å². The van der Waals surface area contributed by atoms with Crippen molar-refractivity contribution in [2.45, 2.75) is 66.7 Å². The highest BCUT2D eigenvalue weighted by Crippen LogP contribution is 2.46. The Morgan fingerprint density at radius 1 is 0.933 bits per heavy atom. The minimum absolute atomic E-state index is 0.872. The van der Waals surface area contributed by atoms with Crippen LogP contribution in [0, 0.1) is 29.6 Å². The van der Waals surface area contributed by atoms with Crippen LogP contribution in [0.1, 0.15) is 66.7 Å². The molecule has 0 radical (unpaired) electrons. The van der Waals surface area contributed by atoms with Gasteiger partial charge >= 0.3 is 0 Å². The van der Waals surface area contributed by atoms with E-state index in [2.05, 4.69) is 34.6 Å². The van der Waals surface area contributed by atoms with Crippen LogP contribution in [-0.4, -0.2) is 0 Å². The van der Waals surface area contributed by atoms with Crippen molar-refractivity contribution in [1.82, 2.24) is 0 Å². The molecule has 1 rings (SSSR count). The molecule has 0 spiro atoms. The summed E-state index contributed by atoms with van der Waals surface area (Å²) in [5.41, 5.74) is 0. The lowest BCUT2D eigenvalue weighted by atomic mass is 9.87. The van der Waals surface area contributed by atoms with Gasteiger partial charge in [-0.2, -0.15) is 0 Å². The molecule has 0 aromatic rings. The molecular weight excluding hydrogens is 180 g/mol. The summed E-state index contributed by atoms with van der Waals surface area (Å²) in [4.78, 5) is 0. The highest BCUT2D eigenvalue weighted by atomic mass is 14.4. The Morgan fingerprint density at radius 3 is 2.07 bits per heavy atom. The monoisotopic (exact) mass is 210 g/mol. The Balaban J connectivity index is 2.10. The average molecular weight is 210 g/mol. The minimum Gasteiger partial charge on any atom is -0.0651 e. The molecular formula is C15H30. The fourth-order valence-corrected chi connectivity index (χ4v) is 3.30. The Hall–Kier alpha value is 0. The number of hydrogen-bond donors (Lipinski definition) is 0. The van der Waals surface area contributed by atoms with Crippen molar-refractivity contribution in [2.24, 2.45) is 29.6 Å². The largest absolute Gasteiger partial charge is 0.0651 e. The number of hydrogen-bond acceptors (Lipinski definition) is 0. The van der Waals surface area contributed by atoms with E-state index in [1.807, 2.05) is 0 Å². The van der Waals surface area contributed by atoms with E-state index in [-0.39, 0.29) is 0 Å². The van der Waals surface area contributed by atoms with Crippen molar-refractivity contribution in [3.05, 3.63) is 0 Å². The van der Waals surface area contributed by atoms with Crippen LogP contribution in [0.15, 0.2) is 0 Å². The highest BCUT2D eigenvalue weighted by molar-refractivity contribution is 4.86. The Bertz CT molecular complexity index is 171. The molecule has 0 saturated heterocycles. The quantitative estimate of drug-likeness (QED) is 0.546. The first-order valence-corrected chi connectivity index (χ1v) is 7.02. The van der Waals surface area contributed by atoms with Crippen LogP contribution in [0.2, 0.25) is 0 Å². The Morgan fingerprint density at radius 2 is 1.60 bits per heavy atom. The molecule has 0 aromatic heterocycles. The summed E-state index contributed by atoms with van der Waals surface area (Å²) in [6.45, 7) is 11.9. The normalized spacial score (nSPS) is 29.2. The lowest BCUT2D eigenvalue weighted by molar-refractivity contribution is 0.331. The summed E-state index contributed by atoms with van der Waals surface area (Å²) in [6, 6.07) is 0. The minimum atomic E-state index is 0.872. The summed E-state index contributed by atoms with van der Waals surface area (Å²) in [6.07, 6.45) is 7.30. The van der Waals surface area contributed by atoms with E-state index in [9.17, 15) is 0 Å². The van der Waals surface area contributed by atoms with Gasteiger partial charge in [0.25, 0.3) is 0 Å². The third-order valence-electron chi connectivity index (χ3n) is 3.98. The summed E-state index contributed by atoms with van der Waals surface area (Å²) in [5.74, 6) is 4.94. The SMILES string of the molecule is CCC1CC1CC(C)CC(C)CC(C)C. The predicted octanol–water partition coefficient (Wildman–Crippen LogP) is 5.13.